The van der Waals surface area contributed by atoms with E-state index in [1.165, 1.54) is 13.0 Å². The van der Waals surface area contributed by atoms with Gasteiger partial charge >= 0.3 is 6.18 Å². The summed E-state index contributed by atoms with van der Waals surface area (Å²) in [6, 6.07) is 13.1. The Balaban J connectivity index is 1.80. The van der Waals surface area contributed by atoms with Crippen LogP contribution in [0.3, 0.4) is 0 Å². The van der Waals surface area contributed by atoms with E-state index < -0.39 is 73.7 Å². The van der Waals surface area contributed by atoms with Crippen molar-refractivity contribution in [1.82, 2.24) is 5.32 Å². The molecular weight excluding hydrogens is 549 g/mol. The lowest BCUT2D eigenvalue weighted by molar-refractivity contribution is -0.146. The zero-order chi connectivity index (χ0) is 29.9. The third-order valence-corrected chi connectivity index (χ3v) is 7.12. The van der Waals surface area contributed by atoms with Crippen LogP contribution < -0.4 is 15.0 Å². The fourth-order valence-corrected chi connectivity index (χ4v) is 5.23. The number of nitrogens with zero attached hydrogens (tertiary/aromatic N) is 2. The molecule has 0 bridgehead atoms. The van der Waals surface area contributed by atoms with Gasteiger partial charge < -0.3 is 10.1 Å². The number of carbonyl (C=O) groups excluding carboxylic acids is 3. The lowest BCUT2D eigenvalue weighted by atomic mass is 9.82. The molecule has 12 heteroatoms. The van der Waals surface area contributed by atoms with Crippen molar-refractivity contribution < 1.29 is 41.1 Å². The van der Waals surface area contributed by atoms with Crippen molar-refractivity contribution in [2.45, 2.75) is 57.8 Å². The lowest BCUT2D eigenvalue weighted by Gasteiger charge is -2.28. The number of ketones is 1. The van der Waals surface area contributed by atoms with Crippen molar-refractivity contribution in [2.24, 2.45) is 16.8 Å². The number of nitrogens with one attached hydrogen (secondary N) is 1. The quantitative estimate of drug-likeness (QED) is 0.409. The third kappa shape index (κ3) is 6.91. The first-order chi connectivity index (χ1) is 19.3. The van der Waals surface area contributed by atoms with Crippen molar-refractivity contribution >= 4 is 29.0 Å². The molecule has 0 radical (unpaired) electrons. The molecule has 0 unspecified atom stereocenters. The maximum Gasteiger partial charge on any atom is 0.389 e. The number of alkyl halides is 5. The topological polar surface area (TPSA) is 88.1 Å². The molecule has 220 valence electrons. The van der Waals surface area contributed by atoms with E-state index in [0.29, 0.717) is 17.5 Å². The van der Waals surface area contributed by atoms with Gasteiger partial charge in [0.15, 0.2) is 6.61 Å². The molecule has 7 nitrogen and oxygen atoms in total. The smallest absolute Gasteiger partial charge is 0.389 e. The van der Waals surface area contributed by atoms with E-state index in [1.54, 1.807) is 49.4 Å². The molecule has 2 heterocycles. The Kier molecular flexibility index (Phi) is 8.79. The minimum atomic E-state index is -4.58. The SMILES string of the molecule is CCC[C@H](C(C)=O)[C@@H](CCC(F)(F)F)C(=O)N[C@H]1N=C(c2ccccc2)c2cccc3c2N(CC(F)(F)CO3)C1=O. The third-order valence-electron chi connectivity index (χ3n) is 7.12. The predicted molar refractivity (Wildman–Crippen MR) is 141 cm³/mol. The molecule has 2 aromatic carbocycles. The minimum absolute atomic E-state index is 0.0197. The summed E-state index contributed by atoms with van der Waals surface area (Å²) in [5.74, 6) is -8.32. The number of para-hydroxylation sites is 1. The number of hydrogen-bond donors (Lipinski definition) is 1. The van der Waals surface area contributed by atoms with E-state index in [2.05, 4.69) is 10.3 Å². The highest BCUT2D eigenvalue weighted by molar-refractivity contribution is 6.21. The largest absolute Gasteiger partial charge is 0.485 e. The number of carbonyl (C=O) groups is 3. The van der Waals surface area contributed by atoms with Crippen molar-refractivity contribution in [1.29, 1.82) is 0 Å². The molecule has 2 aliphatic heterocycles. The Morgan fingerprint density at radius 2 is 1.80 bits per heavy atom. The van der Waals surface area contributed by atoms with Gasteiger partial charge in [-0.15, -0.1) is 0 Å². The summed E-state index contributed by atoms with van der Waals surface area (Å²) >= 11 is 0. The number of hydrogen-bond acceptors (Lipinski definition) is 5. The lowest BCUT2D eigenvalue weighted by Crippen LogP contribution is -2.52. The van der Waals surface area contributed by atoms with Crippen LogP contribution in [0.2, 0.25) is 0 Å². The molecule has 0 spiro atoms. The zero-order valence-electron chi connectivity index (χ0n) is 22.5. The van der Waals surface area contributed by atoms with Crippen LogP contribution in [0.1, 0.15) is 50.7 Å². The van der Waals surface area contributed by atoms with Gasteiger partial charge in [0.25, 0.3) is 11.8 Å². The molecule has 1 N–H and O–H groups in total. The molecule has 41 heavy (non-hydrogen) atoms. The van der Waals surface area contributed by atoms with Crippen LogP contribution in [-0.4, -0.2) is 54.7 Å². The van der Waals surface area contributed by atoms with Crippen LogP contribution >= 0.6 is 0 Å². The fraction of sp³-hybridized carbons (Fsp3) is 0.448. The normalized spacial score (nSPS) is 19.6. The summed E-state index contributed by atoms with van der Waals surface area (Å²) in [5.41, 5.74) is 1.06. The number of amides is 2. The van der Waals surface area contributed by atoms with Gasteiger partial charge in [-0.05, 0) is 25.8 Å². The van der Waals surface area contributed by atoms with Gasteiger partial charge in [0.1, 0.15) is 11.5 Å². The highest BCUT2D eigenvalue weighted by Crippen LogP contribution is 2.41. The maximum atomic E-state index is 14.8. The molecule has 0 saturated heterocycles. The van der Waals surface area contributed by atoms with Crippen LogP contribution in [0.25, 0.3) is 0 Å². The van der Waals surface area contributed by atoms with Gasteiger partial charge in [0.2, 0.25) is 12.1 Å². The molecule has 2 aromatic rings. The maximum absolute atomic E-state index is 14.8. The Labute approximate surface area is 233 Å². The summed E-state index contributed by atoms with van der Waals surface area (Å²) in [5, 5.41) is 2.41. The molecule has 2 aliphatic rings. The van der Waals surface area contributed by atoms with Gasteiger partial charge in [0.05, 0.1) is 17.9 Å². The van der Waals surface area contributed by atoms with Crippen molar-refractivity contribution in [2.75, 3.05) is 18.1 Å². The van der Waals surface area contributed by atoms with Gasteiger partial charge in [-0.2, -0.15) is 13.2 Å². The highest BCUT2D eigenvalue weighted by Gasteiger charge is 2.45. The van der Waals surface area contributed by atoms with E-state index in [9.17, 15) is 36.3 Å². The van der Waals surface area contributed by atoms with Crippen molar-refractivity contribution in [3.63, 3.8) is 0 Å². The molecule has 4 rings (SSSR count). The number of benzene rings is 2. The Bertz CT molecular complexity index is 1330. The van der Waals surface area contributed by atoms with E-state index in [0.717, 1.165) is 4.90 Å². The number of ether oxygens (including phenoxy) is 1. The summed E-state index contributed by atoms with van der Waals surface area (Å²) in [6.07, 6.45) is -7.75. The highest BCUT2D eigenvalue weighted by atomic mass is 19.4. The molecule has 0 aliphatic carbocycles. The van der Waals surface area contributed by atoms with Crippen LogP contribution in [0.5, 0.6) is 5.75 Å². The number of Topliss-reactive ketones (excluding diaryl/α,β-unsaturated/α-hetero) is 1. The van der Waals surface area contributed by atoms with Gasteiger partial charge in [0, 0.05) is 29.4 Å². The van der Waals surface area contributed by atoms with Gasteiger partial charge in [-0.1, -0.05) is 55.8 Å². The van der Waals surface area contributed by atoms with Crippen LogP contribution in [0, 0.1) is 11.8 Å². The van der Waals surface area contributed by atoms with E-state index in [-0.39, 0.29) is 23.6 Å². The molecular formula is C29H30F5N3O4. The number of anilines is 1. The summed E-state index contributed by atoms with van der Waals surface area (Å²) in [7, 11) is 0. The van der Waals surface area contributed by atoms with E-state index in [4.69, 9.17) is 4.74 Å². The standard InChI is InChI=1S/C29H30F5N3O4/c1-3-8-19(17(2)38)20(13-14-29(32,33)34)26(39)36-25-27(40)37-15-28(30,31)16-41-22-12-7-11-21(24(22)37)23(35-25)18-9-5-4-6-10-18/h4-7,9-12,19-20,25H,3,8,13-16H2,1-2H3,(H,36,39)/t19-,20-,25-/m1/s1. The van der Waals surface area contributed by atoms with Gasteiger partial charge in [-0.25, -0.2) is 13.8 Å². The Morgan fingerprint density at radius 3 is 2.44 bits per heavy atom. The first-order valence-corrected chi connectivity index (χ1v) is 13.3. The average Bonchev–Trinajstić information content (AvgIpc) is 3.12. The number of halogens is 5. The summed E-state index contributed by atoms with van der Waals surface area (Å²) < 4.78 is 74.4. The zero-order valence-corrected chi connectivity index (χ0v) is 22.5. The second-order valence-electron chi connectivity index (χ2n) is 10.2. The fourth-order valence-electron chi connectivity index (χ4n) is 5.23. The van der Waals surface area contributed by atoms with Crippen LogP contribution in [0.15, 0.2) is 53.5 Å². The van der Waals surface area contributed by atoms with E-state index in [1.807, 2.05) is 0 Å². The van der Waals surface area contributed by atoms with Crippen molar-refractivity contribution in [3.05, 3.63) is 59.7 Å². The molecule has 3 atom stereocenters. The molecule has 0 saturated carbocycles. The minimum Gasteiger partial charge on any atom is -0.485 e. The number of rotatable bonds is 9. The summed E-state index contributed by atoms with van der Waals surface area (Å²) in [4.78, 5) is 45.0. The Morgan fingerprint density at radius 1 is 1.10 bits per heavy atom. The van der Waals surface area contributed by atoms with Crippen LogP contribution in [0.4, 0.5) is 27.6 Å². The first-order valence-electron chi connectivity index (χ1n) is 13.3. The van der Waals surface area contributed by atoms with Crippen molar-refractivity contribution in [3.8, 4) is 5.75 Å². The Hall–Kier alpha value is -3.83. The molecule has 2 amide bonds. The predicted octanol–water partition coefficient (Wildman–Crippen LogP) is 5.30. The second-order valence-corrected chi connectivity index (χ2v) is 10.2. The second kappa shape index (κ2) is 12.0. The average molecular weight is 580 g/mol. The number of aliphatic imine (C=N–C) groups is 1. The summed E-state index contributed by atoms with van der Waals surface area (Å²) in [6.45, 7) is 0.882. The van der Waals surface area contributed by atoms with E-state index >= 15 is 0 Å². The molecule has 0 aromatic heterocycles. The molecule has 0 fully saturated rings. The monoisotopic (exact) mass is 579 g/mol. The van der Waals surface area contributed by atoms with Gasteiger partial charge in [-0.3, -0.25) is 19.3 Å². The first kappa shape index (κ1) is 30.1. The van der Waals surface area contributed by atoms with Crippen LogP contribution in [-0.2, 0) is 14.4 Å².